The molecule has 1 saturated heterocycles. The second kappa shape index (κ2) is 4.13. The number of rotatable bonds is 1. The van der Waals surface area contributed by atoms with Crippen LogP contribution in [0.25, 0.3) is 0 Å². The Morgan fingerprint density at radius 2 is 2.00 bits per heavy atom. The maximum absolute atomic E-state index is 13.4. The molecule has 0 radical (unpaired) electrons. The molecule has 1 aliphatic rings. The number of carbonyl (C=O) groups excluding carboxylic acids is 1. The minimum atomic E-state index is -1.29. The van der Waals surface area contributed by atoms with Crippen molar-refractivity contribution in [2.24, 2.45) is 0 Å². The Balaban J connectivity index is 2.42. The van der Waals surface area contributed by atoms with Crippen LogP contribution in [0.2, 0.25) is 0 Å². The van der Waals surface area contributed by atoms with Crippen LogP contribution in [0.4, 0.5) is 18.9 Å². The van der Waals surface area contributed by atoms with E-state index >= 15 is 0 Å². The van der Waals surface area contributed by atoms with Crippen LogP contribution in [-0.2, 0) is 4.79 Å². The fraction of sp³-hybridized carbons (Fsp3) is 0.300. The van der Waals surface area contributed by atoms with Crippen molar-refractivity contribution in [3.05, 3.63) is 29.6 Å². The lowest BCUT2D eigenvalue weighted by atomic mass is 10.2. The monoisotopic (exact) mass is 230 g/mol. The van der Waals surface area contributed by atoms with E-state index in [0.29, 0.717) is 12.6 Å². The first kappa shape index (κ1) is 10.9. The number of halogens is 3. The Labute approximate surface area is 89.9 Å². The average Bonchev–Trinajstić information content (AvgIpc) is 2.24. The molecule has 0 saturated carbocycles. The molecule has 86 valence electrons. The van der Waals surface area contributed by atoms with Crippen molar-refractivity contribution in [2.45, 2.75) is 0 Å². The summed E-state index contributed by atoms with van der Waals surface area (Å²) in [6, 6.07) is 1.27. The third-order valence-electron chi connectivity index (χ3n) is 2.35. The maximum atomic E-state index is 13.4. The van der Waals surface area contributed by atoms with Gasteiger partial charge in [-0.1, -0.05) is 0 Å². The topological polar surface area (TPSA) is 32.3 Å². The summed E-state index contributed by atoms with van der Waals surface area (Å²) in [4.78, 5) is 12.5. The summed E-state index contributed by atoms with van der Waals surface area (Å²) in [5, 5.41) is 2.78. The summed E-state index contributed by atoms with van der Waals surface area (Å²) in [5.41, 5.74) is -0.344. The van der Waals surface area contributed by atoms with Gasteiger partial charge in [-0.15, -0.1) is 0 Å². The molecule has 0 bridgehead atoms. The smallest absolute Gasteiger partial charge is 0.241 e. The third kappa shape index (κ3) is 1.88. The second-order valence-electron chi connectivity index (χ2n) is 3.44. The molecule has 0 aromatic heterocycles. The van der Waals surface area contributed by atoms with Crippen molar-refractivity contribution in [2.75, 3.05) is 24.5 Å². The summed E-state index contributed by atoms with van der Waals surface area (Å²) in [7, 11) is 0. The van der Waals surface area contributed by atoms with Crippen molar-refractivity contribution in [3.63, 3.8) is 0 Å². The van der Waals surface area contributed by atoms with Gasteiger partial charge in [0.05, 0.1) is 12.2 Å². The van der Waals surface area contributed by atoms with Crippen molar-refractivity contribution in [3.8, 4) is 0 Å². The van der Waals surface area contributed by atoms with Gasteiger partial charge in [0.25, 0.3) is 0 Å². The predicted molar refractivity (Wildman–Crippen MR) is 51.5 cm³/mol. The Bertz CT molecular complexity index is 436. The number of hydrogen-bond donors (Lipinski definition) is 1. The molecular formula is C10H9F3N2O. The largest absolute Gasteiger partial charge is 0.307 e. The highest BCUT2D eigenvalue weighted by Gasteiger charge is 2.24. The van der Waals surface area contributed by atoms with Gasteiger partial charge in [-0.3, -0.25) is 4.79 Å². The molecule has 1 aromatic rings. The van der Waals surface area contributed by atoms with Gasteiger partial charge in [0.2, 0.25) is 5.91 Å². The quantitative estimate of drug-likeness (QED) is 0.731. The summed E-state index contributed by atoms with van der Waals surface area (Å²) in [5.74, 6) is -3.80. The molecule has 0 unspecified atom stereocenters. The van der Waals surface area contributed by atoms with Crippen molar-refractivity contribution >= 4 is 11.6 Å². The molecule has 1 N–H and O–H groups in total. The first-order chi connectivity index (χ1) is 7.59. The highest BCUT2D eigenvalue weighted by molar-refractivity contribution is 5.95. The third-order valence-corrected chi connectivity index (χ3v) is 2.35. The summed E-state index contributed by atoms with van der Waals surface area (Å²) >= 11 is 0. The first-order valence-electron chi connectivity index (χ1n) is 4.75. The van der Waals surface area contributed by atoms with Crippen LogP contribution < -0.4 is 10.2 Å². The zero-order valence-electron chi connectivity index (χ0n) is 8.27. The molecule has 1 amide bonds. The highest BCUT2D eigenvalue weighted by atomic mass is 19.2. The van der Waals surface area contributed by atoms with Crippen LogP contribution >= 0.6 is 0 Å². The first-order valence-corrected chi connectivity index (χ1v) is 4.75. The minimum Gasteiger partial charge on any atom is -0.307 e. The molecule has 1 aromatic carbocycles. The van der Waals surface area contributed by atoms with Crippen LogP contribution in [0.5, 0.6) is 0 Å². The molecule has 0 aliphatic carbocycles. The number of nitrogens with zero attached hydrogens (tertiary/aromatic N) is 1. The number of benzene rings is 1. The summed E-state index contributed by atoms with van der Waals surface area (Å²) in [6.45, 7) is 0.694. The lowest BCUT2D eigenvalue weighted by molar-refractivity contribution is -0.118. The van der Waals surface area contributed by atoms with E-state index < -0.39 is 23.4 Å². The van der Waals surface area contributed by atoms with E-state index in [2.05, 4.69) is 5.32 Å². The fourth-order valence-corrected chi connectivity index (χ4v) is 1.60. The molecule has 16 heavy (non-hydrogen) atoms. The Hall–Kier alpha value is -1.56. The van der Waals surface area contributed by atoms with E-state index in [0.717, 1.165) is 11.0 Å². The number of piperazine rings is 1. The molecule has 2 rings (SSSR count). The van der Waals surface area contributed by atoms with Gasteiger partial charge in [-0.05, 0) is 0 Å². The number of anilines is 1. The maximum Gasteiger partial charge on any atom is 0.241 e. The Morgan fingerprint density at radius 3 is 2.69 bits per heavy atom. The van der Waals surface area contributed by atoms with E-state index in [-0.39, 0.29) is 18.8 Å². The predicted octanol–water partition coefficient (Wildman–Crippen LogP) is 1.04. The van der Waals surface area contributed by atoms with Crippen molar-refractivity contribution in [1.82, 2.24) is 5.32 Å². The van der Waals surface area contributed by atoms with Gasteiger partial charge in [0.15, 0.2) is 11.6 Å². The fourth-order valence-electron chi connectivity index (χ4n) is 1.60. The normalized spacial score (nSPS) is 16.7. The van der Waals surface area contributed by atoms with E-state index in [1.165, 1.54) is 0 Å². The molecule has 1 aliphatic heterocycles. The molecular weight excluding hydrogens is 221 g/mol. The SMILES string of the molecule is O=C1CNCCN1c1cc(F)cc(F)c1F. The van der Waals surface area contributed by atoms with Crippen molar-refractivity contribution < 1.29 is 18.0 Å². The van der Waals surface area contributed by atoms with Gasteiger partial charge in [-0.25, -0.2) is 13.2 Å². The van der Waals surface area contributed by atoms with Gasteiger partial charge in [0.1, 0.15) is 5.82 Å². The van der Waals surface area contributed by atoms with E-state index in [4.69, 9.17) is 0 Å². The molecule has 1 fully saturated rings. The number of nitrogens with one attached hydrogen (secondary N) is 1. The minimum absolute atomic E-state index is 0.0393. The van der Waals surface area contributed by atoms with E-state index in [9.17, 15) is 18.0 Å². The molecule has 3 nitrogen and oxygen atoms in total. The van der Waals surface area contributed by atoms with Crippen LogP contribution in [0.3, 0.4) is 0 Å². The second-order valence-corrected chi connectivity index (χ2v) is 3.44. The number of carbonyl (C=O) groups is 1. The van der Waals surface area contributed by atoms with Gasteiger partial charge < -0.3 is 10.2 Å². The van der Waals surface area contributed by atoms with Crippen LogP contribution in [-0.4, -0.2) is 25.5 Å². The van der Waals surface area contributed by atoms with Crippen LogP contribution in [0, 0.1) is 17.5 Å². The van der Waals surface area contributed by atoms with Crippen LogP contribution in [0.1, 0.15) is 0 Å². The Kier molecular flexibility index (Phi) is 2.82. The molecule has 1 heterocycles. The standard InChI is InChI=1S/C10H9F3N2O/c11-6-3-7(12)10(13)8(4-6)15-2-1-14-5-9(15)16/h3-4,14H,1-2,5H2. The summed E-state index contributed by atoms with van der Waals surface area (Å²) in [6.07, 6.45) is 0. The molecule has 0 spiro atoms. The molecule has 0 atom stereocenters. The van der Waals surface area contributed by atoms with Crippen LogP contribution in [0.15, 0.2) is 12.1 Å². The highest BCUT2D eigenvalue weighted by Crippen LogP contribution is 2.23. The van der Waals surface area contributed by atoms with E-state index in [1.807, 2.05) is 0 Å². The number of amides is 1. The Morgan fingerprint density at radius 1 is 1.25 bits per heavy atom. The lowest BCUT2D eigenvalue weighted by Crippen LogP contribution is -2.48. The van der Waals surface area contributed by atoms with Crippen molar-refractivity contribution in [1.29, 1.82) is 0 Å². The number of hydrogen-bond acceptors (Lipinski definition) is 2. The van der Waals surface area contributed by atoms with Gasteiger partial charge >= 0.3 is 0 Å². The van der Waals surface area contributed by atoms with Gasteiger partial charge in [0, 0.05) is 25.2 Å². The van der Waals surface area contributed by atoms with Gasteiger partial charge in [-0.2, -0.15) is 0 Å². The molecule has 6 heteroatoms. The zero-order valence-corrected chi connectivity index (χ0v) is 8.27. The lowest BCUT2D eigenvalue weighted by Gasteiger charge is -2.27. The summed E-state index contributed by atoms with van der Waals surface area (Å²) < 4.78 is 39.3. The zero-order chi connectivity index (χ0) is 11.7. The average molecular weight is 230 g/mol. The van der Waals surface area contributed by atoms with E-state index in [1.54, 1.807) is 0 Å².